The predicted molar refractivity (Wildman–Crippen MR) is 94.3 cm³/mol. The fraction of sp³-hybridized carbons (Fsp3) is 0.529. The molecule has 2 rings (SSSR count). The number of rotatable bonds is 6. The highest BCUT2D eigenvalue weighted by atomic mass is 35.5. The van der Waals surface area contributed by atoms with E-state index >= 15 is 0 Å². The van der Waals surface area contributed by atoms with E-state index in [1.54, 1.807) is 23.1 Å². The van der Waals surface area contributed by atoms with Crippen LogP contribution in [0.2, 0.25) is 5.02 Å². The maximum atomic E-state index is 12.6. The van der Waals surface area contributed by atoms with E-state index in [0.717, 1.165) is 26.0 Å². The van der Waals surface area contributed by atoms with Gasteiger partial charge in [0.1, 0.15) is 6.07 Å². The standard InChI is InChI=1S/C17H23ClN4O2/c1-21(2)7-8-22(12-15-4-3-9-24-15)17(23)20-14-6-5-13(11-19)16(18)10-14/h5-6,10,15H,3-4,7-9,12H2,1-2H3,(H,20,23). The molecule has 0 radical (unpaired) electrons. The minimum Gasteiger partial charge on any atom is -0.376 e. The van der Waals surface area contributed by atoms with E-state index in [1.165, 1.54) is 0 Å². The SMILES string of the molecule is CN(C)CCN(CC1CCCO1)C(=O)Nc1ccc(C#N)c(Cl)c1. The molecule has 0 aromatic heterocycles. The average Bonchev–Trinajstić information content (AvgIpc) is 3.04. The van der Waals surface area contributed by atoms with Crippen molar-refractivity contribution >= 4 is 23.3 Å². The van der Waals surface area contributed by atoms with E-state index in [1.807, 2.05) is 25.1 Å². The molecule has 1 saturated heterocycles. The number of anilines is 1. The fourth-order valence-electron chi connectivity index (χ4n) is 2.52. The van der Waals surface area contributed by atoms with Crippen molar-refractivity contribution in [3.8, 4) is 6.07 Å². The van der Waals surface area contributed by atoms with Gasteiger partial charge in [-0.2, -0.15) is 5.26 Å². The molecule has 2 amide bonds. The Morgan fingerprint density at radius 1 is 1.46 bits per heavy atom. The average molecular weight is 351 g/mol. The van der Waals surface area contributed by atoms with Gasteiger partial charge in [-0.1, -0.05) is 11.6 Å². The van der Waals surface area contributed by atoms with Crippen LogP contribution in [0.5, 0.6) is 0 Å². The zero-order valence-corrected chi connectivity index (χ0v) is 14.8. The van der Waals surface area contributed by atoms with Gasteiger partial charge in [-0.25, -0.2) is 4.79 Å². The molecule has 1 aromatic rings. The van der Waals surface area contributed by atoms with Crippen LogP contribution in [0.4, 0.5) is 10.5 Å². The number of nitrogens with one attached hydrogen (secondary N) is 1. The van der Waals surface area contributed by atoms with Crippen LogP contribution in [0.1, 0.15) is 18.4 Å². The highest BCUT2D eigenvalue weighted by Crippen LogP contribution is 2.21. The highest BCUT2D eigenvalue weighted by Gasteiger charge is 2.22. The summed E-state index contributed by atoms with van der Waals surface area (Å²) < 4.78 is 5.65. The van der Waals surface area contributed by atoms with Crippen LogP contribution in [0.15, 0.2) is 18.2 Å². The summed E-state index contributed by atoms with van der Waals surface area (Å²) in [5, 5.41) is 12.1. The third-order valence-electron chi connectivity index (χ3n) is 3.89. The van der Waals surface area contributed by atoms with Gasteiger partial charge in [0, 0.05) is 31.9 Å². The molecule has 1 fully saturated rings. The Kier molecular flexibility index (Phi) is 6.85. The second-order valence-corrected chi connectivity index (χ2v) is 6.53. The summed E-state index contributed by atoms with van der Waals surface area (Å²) in [6.07, 6.45) is 2.12. The number of benzene rings is 1. The number of nitriles is 1. The zero-order valence-electron chi connectivity index (χ0n) is 14.1. The van der Waals surface area contributed by atoms with Crippen LogP contribution in [-0.4, -0.2) is 62.3 Å². The number of nitrogens with zero attached hydrogens (tertiary/aromatic N) is 3. The fourth-order valence-corrected chi connectivity index (χ4v) is 2.74. The van der Waals surface area contributed by atoms with Gasteiger partial charge < -0.3 is 19.9 Å². The van der Waals surface area contributed by atoms with Gasteiger partial charge in [-0.05, 0) is 45.1 Å². The quantitative estimate of drug-likeness (QED) is 0.856. The molecule has 1 aliphatic heterocycles. The maximum Gasteiger partial charge on any atom is 0.321 e. The predicted octanol–water partition coefficient (Wildman–Crippen LogP) is 2.79. The molecule has 1 N–H and O–H groups in total. The topological polar surface area (TPSA) is 68.6 Å². The van der Waals surface area contributed by atoms with Gasteiger partial charge in [-0.3, -0.25) is 0 Å². The maximum absolute atomic E-state index is 12.6. The van der Waals surface area contributed by atoms with Gasteiger partial charge in [0.05, 0.1) is 16.7 Å². The molecule has 24 heavy (non-hydrogen) atoms. The number of ether oxygens (including phenoxy) is 1. The minimum absolute atomic E-state index is 0.0995. The van der Waals surface area contributed by atoms with Crippen molar-refractivity contribution < 1.29 is 9.53 Å². The summed E-state index contributed by atoms with van der Waals surface area (Å²) in [6.45, 7) is 2.72. The van der Waals surface area contributed by atoms with Gasteiger partial charge in [-0.15, -0.1) is 0 Å². The summed E-state index contributed by atoms with van der Waals surface area (Å²) in [5.74, 6) is 0. The molecule has 0 spiro atoms. The second kappa shape index (κ2) is 8.88. The number of carbonyl (C=O) groups is 1. The Morgan fingerprint density at radius 3 is 2.83 bits per heavy atom. The van der Waals surface area contributed by atoms with Gasteiger partial charge >= 0.3 is 6.03 Å². The minimum atomic E-state index is -0.187. The lowest BCUT2D eigenvalue weighted by Gasteiger charge is -2.27. The second-order valence-electron chi connectivity index (χ2n) is 6.12. The Labute approximate surface area is 147 Å². The first-order valence-corrected chi connectivity index (χ1v) is 8.39. The van der Waals surface area contributed by atoms with Crippen LogP contribution in [0, 0.1) is 11.3 Å². The number of halogens is 1. The van der Waals surface area contributed by atoms with Crippen LogP contribution >= 0.6 is 11.6 Å². The van der Waals surface area contributed by atoms with Crippen LogP contribution in [-0.2, 0) is 4.74 Å². The van der Waals surface area contributed by atoms with Gasteiger partial charge in [0.15, 0.2) is 0 Å². The van der Waals surface area contributed by atoms with Crippen molar-refractivity contribution in [2.75, 3.05) is 45.7 Å². The zero-order chi connectivity index (χ0) is 17.5. The summed E-state index contributed by atoms with van der Waals surface area (Å²) in [4.78, 5) is 16.4. The molecule has 0 bridgehead atoms. The number of hydrogen-bond donors (Lipinski definition) is 1. The van der Waals surface area contributed by atoms with Crippen molar-refractivity contribution in [2.45, 2.75) is 18.9 Å². The molecule has 130 valence electrons. The Hall–Kier alpha value is -1.81. The molecule has 0 aliphatic carbocycles. The number of urea groups is 1. The molecule has 1 unspecified atom stereocenters. The monoisotopic (exact) mass is 350 g/mol. The van der Waals surface area contributed by atoms with E-state index in [0.29, 0.717) is 29.4 Å². The van der Waals surface area contributed by atoms with Crippen molar-refractivity contribution in [1.29, 1.82) is 5.26 Å². The summed E-state index contributed by atoms with van der Waals surface area (Å²) in [6, 6.07) is 6.69. The summed E-state index contributed by atoms with van der Waals surface area (Å²) in [7, 11) is 3.95. The molecule has 6 nitrogen and oxygen atoms in total. The van der Waals surface area contributed by atoms with Gasteiger partial charge in [0.25, 0.3) is 0 Å². The first-order valence-electron chi connectivity index (χ1n) is 8.01. The van der Waals surface area contributed by atoms with E-state index in [-0.39, 0.29) is 12.1 Å². The number of carbonyl (C=O) groups excluding carboxylic acids is 1. The lowest BCUT2D eigenvalue weighted by Crippen LogP contribution is -2.43. The lowest BCUT2D eigenvalue weighted by atomic mass is 10.2. The normalized spacial score (nSPS) is 16.9. The van der Waals surface area contributed by atoms with E-state index in [4.69, 9.17) is 21.6 Å². The summed E-state index contributed by atoms with van der Waals surface area (Å²) in [5.41, 5.74) is 0.963. The first-order chi connectivity index (χ1) is 11.5. The van der Waals surface area contributed by atoms with Gasteiger partial charge in [0.2, 0.25) is 0 Å². The Bertz CT molecular complexity index is 609. The van der Waals surface area contributed by atoms with Crippen molar-refractivity contribution in [3.63, 3.8) is 0 Å². The third-order valence-corrected chi connectivity index (χ3v) is 4.21. The van der Waals surface area contributed by atoms with Crippen molar-refractivity contribution in [1.82, 2.24) is 9.80 Å². The lowest BCUT2D eigenvalue weighted by molar-refractivity contribution is 0.0820. The number of amides is 2. The summed E-state index contributed by atoms with van der Waals surface area (Å²) >= 11 is 6.02. The van der Waals surface area contributed by atoms with Crippen molar-refractivity contribution in [2.24, 2.45) is 0 Å². The third kappa shape index (κ3) is 5.38. The largest absolute Gasteiger partial charge is 0.376 e. The molecule has 7 heteroatoms. The number of likely N-dealkylation sites (N-methyl/N-ethyl adjacent to an activating group) is 1. The molecule has 1 aromatic carbocycles. The number of hydrogen-bond acceptors (Lipinski definition) is 4. The Morgan fingerprint density at radius 2 is 2.25 bits per heavy atom. The van der Waals surface area contributed by atoms with E-state index in [9.17, 15) is 4.79 Å². The van der Waals surface area contributed by atoms with E-state index < -0.39 is 0 Å². The van der Waals surface area contributed by atoms with E-state index in [2.05, 4.69) is 5.32 Å². The Balaban J connectivity index is 2.02. The van der Waals surface area contributed by atoms with Crippen molar-refractivity contribution in [3.05, 3.63) is 28.8 Å². The highest BCUT2D eigenvalue weighted by molar-refractivity contribution is 6.32. The molecule has 1 aliphatic rings. The van der Waals surface area contributed by atoms with Crippen LogP contribution < -0.4 is 5.32 Å². The molecular weight excluding hydrogens is 328 g/mol. The smallest absolute Gasteiger partial charge is 0.321 e. The first kappa shape index (κ1) is 18.5. The molecule has 0 saturated carbocycles. The van der Waals surface area contributed by atoms with Crippen LogP contribution in [0.3, 0.4) is 0 Å². The van der Waals surface area contributed by atoms with Crippen LogP contribution in [0.25, 0.3) is 0 Å². The molecule has 1 heterocycles. The molecular formula is C17H23ClN4O2. The molecule has 1 atom stereocenters.